The van der Waals surface area contributed by atoms with Gasteiger partial charge in [0.2, 0.25) is 0 Å². The van der Waals surface area contributed by atoms with E-state index in [1.54, 1.807) is 11.3 Å². The molecule has 1 aromatic heterocycles. The molecule has 0 aliphatic heterocycles. The first kappa shape index (κ1) is 12.6. The lowest BCUT2D eigenvalue weighted by Crippen LogP contribution is -2.22. The highest BCUT2D eigenvalue weighted by Crippen LogP contribution is 2.29. The fourth-order valence-electron chi connectivity index (χ4n) is 1.73. The quantitative estimate of drug-likeness (QED) is 0.888. The fraction of sp³-hybridized carbons (Fsp3) is 0.308. The number of halogens is 1. The Morgan fingerprint density at radius 2 is 2.24 bits per heavy atom. The maximum Gasteiger partial charge on any atom is 0.0794 e. The summed E-state index contributed by atoms with van der Waals surface area (Å²) in [6.07, 6.45) is 3.00. The number of nitrogens with zero attached hydrogens (tertiary/aromatic N) is 1. The monoisotopic (exact) mass is 266 g/mol. The molecule has 2 rings (SSSR count). The van der Waals surface area contributed by atoms with Crippen LogP contribution in [0.15, 0.2) is 36.0 Å². The van der Waals surface area contributed by atoms with E-state index in [4.69, 9.17) is 11.6 Å². The Hall–Kier alpha value is -0.900. The maximum atomic E-state index is 6.26. The molecule has 1 N–H and O–H groups in total. The van der Waals surface area contributed by atoms with Crippen molar-refractivity contribution < 1.29 is 0 Å². The molecule has 0 aliphatic rings. The molecule has 0 radical (unpaired) electrons. The summed E-state index contributed by atoms with van der Waals surface area (Å²) >= 11 is 7.91. The minimum absolute atomic E-state index is 0.149. The lowest BCUT2D eigenvalue weighted by Gasteiger charge is -2.18. The average molecular weight is 267 g/mol. The fourth-order valence-corrected chi connectivity index (χ4v) is 2.69. The normalized spacial score (nSPS) is 12.6. The van der Waals surface area contributed by atoms with E-state index in [2.05, 4.69) is 23.3 Å². The van der Waals surface area contributed by atoms with Crippen molar-refractivity contribution in [2.45, 2.75) is 19.4 Å². The van der Waals surface area contributed by atoms with Crippen LogP contribution in [0.3, 0.4) is 0 Å². The zero-order valence-electron chi connectivity index (χ0n) is 9.69. The summed E-state index contributed by atoms with van der Waals surface area (Å²) in [6, 6.07) is 8.11. The smallest absolute Gasteiger partial charge is 0.0794 e. The van der Waals surface area contributed by atoms with Crippen LogP contribution in [0.2, 0.25) is 5.02 Å². The Balaban J connectivity index is 2.30. The average Bonchev–Trinajstić information content (AvgIpc) is 2.85. The number of benzene rings is 1. The van der Waals surface area contributed by atoms with E-state index in [1.165, 1.54) is 4.88 Å². The van der Waals surface area contributed by atoms with Gasteiger partial charge in [-0.25, -0.2) is 0 Å². The van der Waals surface area contributed by atoms with Gasteiger partial charge in [-0.1, -0.05) is 36.7 Å². The van der Waals surface area contributed by atoms with E-state index in [1.807, 2.05) is 29.9 Å². The molecule has 1 unspecified atom stereocenters. The summed E-state index contributed by atoms with van der Waals surface area (Å²) in [7, 11) is 0. The van der Waals surface area contributed by atoms with Crippen molar-refractivity contribution in [2.75, 3.05) is 6.54 Å². The third kappa shape index (κ3) is 3.06. The molecule has 0 spiro atoms. The Kier molecular flexibility index (Phi) is 4.54. The molecule has 0 amide bonds. The second-order valence-corrected chi connectivity index (χ2v) is 5.14. The maximum absolute atomic E-state index is 6.26. The van der Waals surface area contributed by atoms with Gasteiger partial charge in [0.05, 0.1) is 11.6 Å². The van der Waals surface area contributed by atoms with Crippen molar-refractivity contribution in [1.82, 2.24) is 10.3 Å². The number of hydrogen-bond acceptors (Lipinski definition) is 3. The first-order valence-corrected chi connectivity index (χ1v) is 6.95. The SMILES string of the molecule is CCCNC(c1cncs1)c1ccccc1Cl. The molecule has 0 aliphatic carbocycles. The van der Waals surface area contributed by atoms with Gasteiger partial charge in [-0.2, -0.15) is 0 Å². The lowest BCUT2D eigenvalue weighted by atomic mass is 10.1. The Labute approximate surface area is 111 Å². The predicted molar refractivity (Wildman–Crippen MR) is 73.7 cm³/mol. The van der Waals surface area contributed by atoms with E-state index in [0.717, 1.165) is 23.6 Å². The number of thiazole rings is 1. The van der Waals surface area contributed by atoms with Gasteiger partial charge in [-0.3, -0.25) is 4.98 Å². The molecule has 1 aromatic carbocycles. The topological polar surface area (TPSA) is 24.9 Å². The molecule has 1 heterocycles. The van der Waals surface area contributed by atoms with Crippen molar-refractivity contribution in [3.63, 3.8) is 0 Å². The van der Waals surface area contributed by atoms with Gasteiger partial charge in [0.25, 0.3) is 0 Å². The Bertz CT molecular complexity index is 456. The van der Waals surface area contributed by atoms with Gasteiger partial charge in [0, 0.05) is 16.1 Å². The van der Waals surface area contributed by atoms with Gasteiger partial charge >= 0.3 is 0 Å². The summed E-state index contributed by atoms with van der Waals surface area (Å²) in [6.45, 7) is 3.12. The zero-order chi connectivity index (χ0) is 12.1. The molecule has 17 heavy (non-hydrogen) atoms. The molecule has 0 saturated heterocycles. The second-order valence-electron chi connectivity index (χ2n) is 3.81. The Morgan fingerprint density at radius 1 is 1.41 bits per heavy atom. The minimum atomic E-state index is 0.149. The summed E-state index contributed by atoms with van der Waals surface area (Å²) in [5, 5.41) is 4.32. The van der Waals surface area contributed by atoms with Crippen LogP contribution in [0.25, 0.3) is 0 Å². The number of hydrogen-bond donors (Lipinski definition) is 1. The van der Waals surface area contributed by atoms with Crippen LogP contribution in [0.4, 0.5) is 0 Å². The highest BCUT2D eigenvalue weighted by Gasteiger charge is 2.17. The molecule has 1 atom stereocenters. The molecular weight excluding hydrogens is 252 g/mol. The van der Waals surface area contributed by atoms with Gasteiger partial charge in [0.1, 0.15) is 0 Å². The highest BCUT2D eigenvalue weighted by atomic mass is 35.5. The molecule has 0 saturated carbocycles. The van der Waals surface area contributed by atoms with Crippen LogP contribution < -0.4 is 5.32 Å². The predicted octanol–water partition coefficient (Wildman–Crippen LogP) is 3.89. The molecule has 2 nitrogen and oxygen atoms in total. The molecule has 0 fully saturated rings. The Morgan fingerprint density at radius 3 is 2.88 bits per heavy atom. The van der Waals surface area contributed by atoms with Crippen LogP contribution >= 0.6 is 22.9 Å². The minimum Gasteiger partial charge on any atom is -0.306 e. The van der Waals surface area contributed by atoms with Crippen LogP contribution in [0, 0.1) is 0 Å². The first-order chi connectivity index (χ1) is 8.33. The molecule has 2 aromatic rings. The molecule has 0 bridgehead atoms. The molecular formula is C13H15ClN2S. The molecule has 4 heteroatoms. The van der Waals surface area contributed by atoms with E-state index in [0.29, 0.717) is 0 Å². The summed E-state index contributed by atoms with van der Waals surface area (Å²) in [5.74, 6) is 0. The van der Waals surface area contributed by atoms with Crippen molar-refractivity contribution in [2.24, 2.45) is 0 Å². The molecule has 90 valence electrons. The zero-order valence-corrected chi connectivity index (χ0v) is 11.3. The standard InChI is InChI=1S/C13H15ClN2S/c1-2-7-16-13(12-8-15-9-17-12)10-5-3-4-6-11(10)14/h3-6,8-9,13,16H,2,7H2,1H3. The summed E-state index contributed by atoms with van der Waals surface area (Å²) < 4.78 is 0. The third-order valence-electron chi connectivity index (χ3n) is 2.55. The number of aromatic nitrogens is 1. The van der Waals surface area contributed by atoms with Crippen molar-refractivity contribution >= 4 is 22.9 Å². The van der Waals surface area contributed by atoms with Gasteiger partial charge < -0.3 is 5.32 Å². The van der Waals surface area contributed by atoms with Crippen molar-refractivity contribution in [3.8, 4) is 0 Å². The number of nitrogens with one attached hydrogen (secondary N) is 1. The van der Waals surface area contributed by atoms with Crippen LogP contribution in [-0.2, 0) is 0 Å². The van der Waals surface area contributed by atoms with Gasteiger partial charge in [-0.15, -0.1) is 11.3 Å². The van der Waals surface area contributed by atoms with E-state index in [-0.39, 0.29) is 6.04 Å². The number of rotatable bonds is 5. The third-order valence-corrected chi connectivity index (χ3v) is 3.74. The van der Waals surface area contributed by atoms with Crippen molar-refractivity contribution in [1.29, 1.82) is 0 Å². The summed E-state index contributed by atoms with van der Waals surface area (Å²) in [5.41, 5.74) is 2.97. The lowest BCUT2D eigenvalue weighted by molar-refractivity contribution is 0.605. The second kappa shape index (κ2) is 6.15. The van der Waals surface area contributed by atoms with E-state index in [9.17, 15) is 0 Å². The van der Waals surface area contributed by atoms with E-state index < -0.39 is 0 Å². The van der Waals surface area contributed by atoms with Gasteiger partial charge in [-0.05, 0) is 24.6 Å². The van der Waals surface area contributed by atoms with Crippen LogP contribution in [0.1, 0.15) is 29.8 Å². The first-order valence-electron chi connectivity index (χ1n) is 5.69. The largest absolute Gasteiger partial charge is 0.306 e. The van der Waals surface area contributed by atoms with Crippen molar-refractivity contribution in [3.05, 3.63) is 51.4 Å². The van der Waals surface area contributed by atoms with E-state index >= 15 is 0 Å². The van der Waals surface area contributed by atoms with Gasteiger partial charge in [0.15, 0.2) is 0 Å². The summed E-state index contributed by atoms with van der Waals surface area (Å²) in [4.78, 5) is 5.34. The van der Waals surface area contributed by atoms with Crippen LogP contribution in [0.5, 0.6) is 0 Å². The van der Waals surface area contributed by atoms with Crippen LogP contribution in [-0.4, -0.2) is 11.5 Å². The highest BCUT2D eigenvalue weighted by molar-refractivity contribution is 7.09.